The van der Waals surface area contributed by atoms with Gasteiger partial charge in [-0.25, -0.2) is 4.98 Å². The first kappa shape index (κ1) is 14.9. The third kappa shape index (κ3) is 2.95. The molecule has 0 N–H and O–H groups in total. The zero-order chi connectivity index (χ0) is 15.5. The van der Waals surface area contributed by atoms with Crippen LogP contribution in [0, 0.1) is 6.92 Å². The van der Waals surface area contributed by atoms with E-state index in [1.54, 1.807) is 11.3 Å². The molecule has 1 aromatic carbocycles. The van der Waals surface area contributed by atoms with Gasteiger partial charge in [-0.1, -0.05) is 42.1 Å². The Kier molecular flexibility index (Phi) is 4.35. The lowest BCUT2D eigenvalue weighted by Gasteiger charge is -2.04. The second-order valence-corrected chi connectivity index (χ2v) is 6.66. The minimum atomic E-state index is -0.293. The second kappa shape index (κ2) is 6.41. The van der Waals surface area contributed by atoms with Crippen molar-refractivity contribution in [2.24, 2.45) is 0 Å². The van der Waals surface area contributed by atoms with Crippen molar-refractivity contribution >= 4 is 39.3 Å². The summed E-state index contributed by atoms with van der Waals surface area (Å²) in [6, 6.07) is 9.90. The number of aromatic nitrogens is 3. The first-order valence-electron chi connectivity index (χ1n) is 6.58. The van der Waals surface area contributed by atoms with Gasteiger partial charge in [0.25, 0.3) is 0 Å². The number of ether oxygens (including phenoxy) is 1. The molecular weight excluding hydrogens is 318 g/mol. The number of hydrogen-bond acceptors (Lipinski definition) is 7. The number of thiazole rings is 1. The highest BCUT2D eigenvalue weighted by molar-refractivity contribution is 8.00. The maximum atomic E-state index is 11.3. The van der Waals surface area contributed by atoms with E-state index in [0.717, 1.165) is 26.5 Å². The van der Waals surface area contributed by atoms with Gasteiger partial charge in [0, 0.05) is 5.56 Å². The number of aryl methyl sites for hydroxylation is 1. The van der Waals surface area contributed by atoms with E-state index in [0.29, 0.717) is 5.03 Å². The smallest absolute Gasteiger partial charge is 0.316 e. The molecule has 0 aliphatic carbocycles. The second-order valence-electron chi connectivity index (χ2n) is 4.50. The molecule has 0 bridgehead atoms. The predicted octanol–water partition coefficient (Wildman–Crippen LogP) is 3.33. The average Bonchev–Trinajstić information content (AvgIpc) is 2.94. The summed E-state index contributed by atoms with van der Waals surface area (Å²) in [5.74, 6) is -0.0966. The van der Waals surface area contributed by atoms with Crippen molar-refractivity contribution in [3.63, 3.8) is 0 Å². The predicted molar refractivity (Wildman–Crippen MR) is 88.1 cm³/mol. The largest absolute Gasteiger partial charge is 0.468 e. The fraction of sp³-hybridized carbons (Fsp3) is 0.200. The first-order valence-corrected chi connectivity index (χ1v) is 8.38. The quantitative estimate of drug-likeness (QED) is 0.540. The minimum Gasteiger partial charge on any atom is -0.468 e. The van der Waals surface area contributed by atoms with E-state index >= 15 is 0 Å². The molecular formula is C15H13N3O2S2. The Bertz CT molecular complexity index is 818. The fourth-order valence-corrected chi connectivity index (χ4v) is 3.74. The number of rotatable bonds is 4. The number of fused-ring (bicyclic) bond motifs is 1. The van der Waals surface area contributed by atoms with E-state index in [1.807, 2.05) is 37.3 Å². The van der Waals surface area contributed by atoms with Crippen molar-refractivity contribution in [1.82, 2.24) is 15.2 Å². The maximum Gasteiger partial charge on any atom is 0.316 e. The molecule has 0 saturated carbocycles. The molecule has 22 heavy (non-hydrogen) atoms. The molecule has 7 heteroatoms. The van der Waals surface area contributed by atoms with Crippen LogP contribution in [0.4, 0.5) is 0 Å². The number of thioether (sulfide) groups is 1. The molecule has 0 aliphatic heterocycles. The van der Waals surface area contributed by atoms with E-state index in [9.17, 15) is 4.79 Å². The Hall–Kier alpha value is -1.99. The molecule has 2 aromatic heterocycles. The number of benzene rings is 1. The zero-order valence-corrected chi connectivity index (χ0v) is 13.7. The number of hydrogen-bond donors (Lipinski definition) is 0. The zero-order valence-electron chi connectivity index (χ0n) is 12.1. The van der Waals surface area contributed by atoms with Crippen molar-refractivity contribution < 1.29 is 9.53 Å². The summed E-state index contributed by atoms with van der Waals surface area (Å²) in [5, 5.41) is 10.2. The van der Waals surface area contributed by atoms with Gasteiger partial charge in [-0.15, -0.1) is 21.5 Å². The van der Waals surface area contributed by atoms with Gasteiger partial charge in [0.15, 0.2) is 0 Å². The molecule has 0 fully saturated rings. The standard InChI is InChI=1S/C15H13N3O2S2/c1-9-16-13-14(22-9)12(10-6-4-3-5-7-10)17-18-15(13)21-8-11(19)20-2/h3-7H,8H2,1-2H3. The number of carbonyl (C=O) groups excluding carboxylic acids is 1. The molecule has 3 rings (SSSR count). The van der Waals surface area contributed by atoms with Crippen molar-refractivity contribution in [2.75, 3.05) is 12.9 Å². The molecule has 112 valence electrons. The molecule has 2 heterocycles. The van der Waals surface area contributed by atoms with E-state index in [-0.39, 0.29) is 11.7 Å². The van der Waals surface area contributed by atoms with Gasteiger partial charge in [-0.2, -0.15) is 0 Å². The van der Waals surface area contributed by atoms with Crippen molar-refractivity contribution in [3.8, 4) is 11.3 Å². The highest BCUT2D eigenvalue weighted by Gasteiger charge is 2.16. The minimum absolute atomic E-state index is 0.196. The Morgan fingerprint density at radius 1 is 1.27 bits per heavy atom. The third-order valence-electron chi connectivity index (χ3n) is 2.99. The third-order valence-corrected chi connectivity index (χ3v) is 4.90. The summed E-state index contributed by atoms with van der Waals surface area (Å²) in [4.78, 5) is 15.9. The van der Waals surface area contributed by atoms with Crippen molar-refractivity contribution in [2.45, 2.75) is 11.9 Å². The summed E-state index contributed by atoms with van der Waals surface area (Å²) in [5.41, 5.74) is 2.63. The maximum absolute atomic E-state index is 11.3. The molecule has 0 atom stereocenters. The van der Waals surface area contributed by atoms with Gasteiger partial charge < -0.3 is 4.74 Å². The number of nitrogens with zero attached hydrogens (tertiary/aromatic N) is 3. The van der Waals surface area contributed by atoms with Crippen LogP contribution >= 0.6 is 23.1 Å². The fourth-order valence-electron chi connectivity index (χ4n) is 1.99. The molecule has 0 unspecified atom stereocenters. The lowest BCUT2D eigenvalue weighted by Crippen LogP contribution is -2.04. The lowest BCUT2D eigenvalue weighted by atomic mass is 10.1. The highest BCUT2D eigenvalue weighted by atomic mass is 32.2. The van der Waals surface area contributed by atoms with Crippen LogP contribution in [0.2, 0.25) is 0 Å². The van der Waals surface area contributed by atoms with Gasteiger partial charge in [0.2, 0.25) is 0 Å². The molecule has 0 aliphatic rings. The van der Waals surface area contributed by atoms with Crippen LogP contribution in [-0.2, 0) is 9.53 Å². The molecule has 0 radical (unpaired) electrons. The number of esters is 1. The SMILES string of the molecule is COC(=O)CSc1nnc(-c2ccccc2)c2sc(C)nc12. The van der Waals surface area contributed by atoms with Crippen molar-refractivity contribution in [3.05, 3.63) is 35.3 Å². The van der Waals surface area contributed by atoms with Crippen LogP contribution in [0.15, 0.2) is 35.4 Å². The normalized spacial score (nSPS) is 10.8. The lowest BCUT2D eigenvalue weighted by molar-refractivity contribution is -0.137. The Morgan fingerprint density at radius 3 is 2.77 bits per heavy atom. The van der Waals surface area contributed by atoms with Gasteiger partial charge in [0.05, 0.1) is 22.6 Å². The Balaban J connectivity index is 2.05. The van der Waals surface area contributed by atoms with Crippen LogP contribution in [0.5, 0.6) is 0 Å². The highest BCUT2D eigenvalue weighted by Crippen LogP contribution is 2.35. The molecule has 0 amide bonds. The Morgan fingerprint density at radius 2 is 2.05 bits per heavy atom. The molecule has 5 nitrogen and oxygen atoms in total. The van der Waals surface area contributed by atoms with Crippen LogP contribution in [0.3, 0.4) is 0 Å². The first-order chi connectivity index (χ1) is 10.7. The number of carbonyl (C=O) groups is 1. The van der Waals surface area contributed by atoms with E-state index in [4.69, 9.17) is 0 Å². The van der Waals surface area contributed by atoms with Crippen LogP contribution in [0.25, 0.3) is 21.5 Å². The Labute approximate surface area is 135 Å². The van der Waals surface area contributed by atoms with Gasteiger partial charge >= 0.3 is 5.97 Å². The van der Waals surface area contributed by atoms with Crippen LogP contribution < -0.4 is 0 Å². The topological polar surface area (TPSA) is 65.0 Å². The van der Waals surface area contributed by atoms with E-state index in [1.165, 1.54) is 18.9 Å². The van der Waals surface area contributed by atoms with Gasteiger partial charge in [0.1, 0.15) is 16.2 Å². The van der Waals surface area contributed by atoms with Gasteiger partial charge in [-0.05, 0) is 6.92 Å². The van der Waals surface area contributed by atoms with E-state index in [2.05, 4.69) is 19.9 Å². The summed E-state index contributed by atoms with van der Waals surface area (Å²) in [6.07, 6.45) is 0. The molecule has 3 aromatic rings. The number of methoxy groups -OCH3 is 1. The van der Waals surface area contributed by atoms with Crippen LogP contribution in [-0.4, -0.2) is 34.0 Å². The van der Waals surface area contributed by atoms with Crippen LogP contribution in [0.1, 0.15) is 5.01 Å². The molecule has 0 spiro atoms. The summed E-state index contributed by atoms with van der Waals surface area (Å²) < 4.78 is 5.65. The summed E-state index contributed by atoms with van der Waals surface area (Å²) >= 11 is 2.88. The summed E-state index contributed by atoms with van der Waals surface area (Å²) in [7, 11) is 1.37. The van der Waals surface area contributed by atoms with E-state index < -0.39 is 0 Å². The monoisotopic (exact) mass is 331 g/mol. The molecule has 0 saturated heterocycles. The average molecular weight is 331 g/mol. The van der Waals surface area contributed by atoms with Crippen molar-refractivity contribution in [1.29, 1.82) is 0 Å². The van der Waals surface area contributed by atoms with Gasteiger partial charge in [-0.3, -0.25) is 4.79 Å². The summed E-state index contributed by atoms with van der Waals surface area (Å²) in [6.45, 7) is 1.95.